The normalized spacial score (nSPS) is 12.2. The summed E-state index contributed by atoms with van der Waals surface area (Å²) in [5.41, 5.74) is 1.77. The molecule has 1 rings (SSSR count). The van der Waals surface area contributed by atoms with Crippen molar-refractivity contribution in [2.75, 3.05) is 0 Å². The molecule has 4 heteroatoms. The molecule has 0 aromatic carbocycles. The van der Waals surface area contributed by atoms with Gasteiger partial charge in [0.05, 0.1) is 5.69 Å². The molecule has 4 nitrogen and oxygen atoms in total. The van der Waals surface area contributed by atoms with Crippen LogP contribution in [0.15, 0.2) is 10.9 Å². The van der Waals surface area contributed by atoms with Gasteiger partial charge in [0.2, 0.25) is 0 Å². The van der Waals surface area contributed by atoms with Crippen LogP contribution in [-0.2, 0) is 18.5 Å². The van der Waals surface area contributed by atoms with E-state index in [1.807, 2.05) is 6.07 Å². The Morgan fingerprint density at radius 3 is 2.47 bits per heavy atom. The molecule has 0 bridgehead atoms. The van der Waals surface area contributed by atoms with E-state index in [1.165, 1.54) is 0 Å². The van der Waals surface area contributed by atoms with E-state index < -0.39 is 0 Å². The number of aryl methyl sites for hydroxylation is 1. The third kappa shape index (κ3) is 4.46. The highest BCUT2D eigenvalue weighted by Gasteiger charge is 2.19. The summed E-state index contributed by atoms with van der Waals surface area (Å²) in [6.07, 6.45) is 0.914. The van der Waals surface area contributed by atoms with Crippen LogP contribution in [0.5, 0.6) is 0 Å². The second kappa shape index (κ2) is 6.33. The molecule has 0 amide bonds. The van der Waals surface area contributed by atoms with Crippen LogP contribution in [0.4, 0.5) is 0 Å². The van der Waals surface area contributed by atoms with E-state index in [0.29, 0.717) is 19.1 Å². The van der Waals surface area contributed by atoms with E-state index in [2.05, 4.69) is 52.0 Å². The van der Waals surface area contributed by atoms with Crippen molar-refractivity contribution in [3.63, 3.8) is 0 Å². The van der Waals surface area contributed by atoms with E-state index in [4.69, 9.17) is 0 Å². The summed E-state index contributed by atoms with van der Waals surface area (Å²) in [7, 11) is 0. The molecule has 0 saturated carbocycles. The number of rotatable bonds is 5. The Morgan fingerprint density at radius 2 is 2.00 bits per heavy atom. The van der Waals surface area contributed by atoms with Gasteiger partial charge in [-0.2, -0.15) is 5.10 Å². The lowest BCUT2D eigenvalue weighted by Crippen LogP contribution is -2.33. The lowest BCUT2D eigenvalue weighted by atomic mass is 9.91. The van der Waals surface area contributed by atoms with Crippen LogP contribution in [0.2, 0.25) is 0 Å². The van der Waals surface area contributed by atoms with Gasteiger partial charge in [0.1, 0.15) is 0 Å². The van der Waals surface area contributed by atoms with Gasteiger partial charge in [-0.05, 0) is 12.5 Å². The van der Waals surface area contributed by atoms with Crippen LogP contribution in [0.25, 0.3) is 0 Å². The molecule has 0 saturated heterocycles. The highest BCUT2D eigenvalue weighted by molar-refractivity contribution is 5.19. The van der Waals surface area contributed by atoms with Gasteiger partial charge in [0.15, 0.2) is 0 Å². The molecule has 1 heterocycles. The number of nitrogens with zero attached hydrogens (tertiary/aromatic N) is 2. The van der Waals surface area contributed by atoms with Gasteiger partial charge < -0.3 is 5.32 Å². The monoisotopic (exact) mass is 265 g/mol. The van der Waals surface area contributed by atoms with Gasteiger partial charge in [0.25, 0.3) is 5.56 Å². The van der Waals surface area contributed by atoms with Crippen molar-refractivity contribution < 1.29 is 0 Å². The lowest BCUT2D eigenvalue weighted by molar-refractivity contribution is 0.486. The van der Waals surface area contributed by atoms with Crippen LogP contribution in [-0.4, -0.2) is 15.8 Å². The number of nitrogens with one attached hydrogen (secondary N) is 1. The van der Waals surface area contributed by atoms with Gasteiger partial charge in [-0.1, -0.05) is 41.5 Å². The van der Waals surface area contributed by atoms with Crippen LogP contribution in [0, 0.1) is 0 Å². The van der Waals surface area contributed by atoms with Crippen molar-refractivity contribution in [1.82, 2.24) is 15.1 Å². The Kier molecular flexibility index (Phi) is 5.29. The first-order valence-electron chi connectivity index (χ1n) is 7.10. The standard InChI is InChI=1S/C15H27N3O/c1-7-8-18-14(19)12(10-16-11(2)3)9-13(17-18)15(4,5)6/h9,11,16H,7-8,10H2,1-6H3. The molecule has 0 spiro atoms. The average molecular weight is 265 g/mol. The molecule has 0 fully saturated rings. The lowest BCUT2D eigenvalue weighted by Gasteiger charge is -2.20. The molecule has 1 aromatic rings. The number of hydrogen-bond acceptors (Lipinski definition) is 3. The molecule has 0 aliphatic heterocycles. The van der Waals surface area contributed by atoms with Gasteiger partial charge >= 0.3 is 0 Å². The average Bonchev–Trinajstić information content (AvgIpc) is 2.28. The molecule has 1 N–H and O–H groups in total. The Balaban J connectivity index is 3.20. The van der Waals surface area contributed by atoms with Crippen molar-refractivity contribution in [2.24, 2.45) is 0 Å². The molecule has 0 atom stereocenters. The first-order valence-corrected chi connectivity index (χ1v) is 7.10. The second-order valence-electron chi connectivity index (χ2n) is 6.37. The van der Waals surface area contributed by atoms with Crippen LogP contribution in [0.1, 0.15) is 59.2 Å². The molecule has 0 radical (unpaired) electrons. The Labute approximate surface area is 116 Å². The number of aromatic nitrogens is 2. The maximum Gasteiger partial charge on any atom is 0.271 e. The van der Waals surface area contributed by atoms with Gasteiger partial charge in [-0.15, -0.1) is 0 Å². The summed E-state index contributed by atoms with van der Waals surface area (Å²) < 4.78 is 1.61. The Morgan fingerprint density at radius 1 is 1.37 bits per heavy atom. The number of hydrogen-bond donors (Lipinski definition) is 1. The summed E-state index contributed by atoms with van der Waals surface area (Å²) in [4.78, 5) is 12.3. The highest BCUT2D eigenvalue weighted by atomic mass is 16.1. The summed E-state index contributed by atoms with van der Waals surface area (Å²) in [6, 6.07) is 2.31. The van der Waals surface area contributed by atoms with Crippen LogP contribution >= 0.6 is 0 Å². The smallest absolute Gasteiger partial charge is 0.271 e. The molecule has 0 unspecified atom stereocenters. The SMILES string of the molecule is CCCn1nc(C(C)(C)C)cc(CNC(C)C)c1=O. The van der Waals surface area contributed by atoms with Crippen LogP contribution < -0.4 is 10.9 Å². The zero-order valence-corrected chi connectivity index (χ0v) is 13.1. The first kappa shape index (κ1) is 15.9. The molecule has 0 aliphatic rings. The Bertz CT molecular complexity index is 469. The molecule has 0 aliphatic carbocycles. The minimum Gasteiger partial charge on any atom is -0.310 e. The summed E-state index contributed by atoms with van der Waals surface area (Å²) in [6.45, 7) is 13.9. The largest absolute Gasteiger partial charge is 0.310 e. The molecule has 19 heavy (non-hydrogen) atoms. The van der Waals surface area contributed by atoms with E-state index in [0.717, 1.165) is 17.7 Å². The third-order valence-corrected chi connectivity index (χ3v) is 2.95. The zero-order chi connectivity index (χ0) is 14.6. The minimum absolute atomic E-state index is 0.0306. The topological polar surface area (TPSA) is 46.9 Å². The fourth-order valence-electron chi connectivity index (χ4n) is 1.77. The van der Waals surface area contributed by atoms with Gasteiger partial charge in [-0.25, -0.2) is 4.68 Å². The molecule has 1 aromatic heterocycles. The quantitative estimate of drug-likeness (QED) is 0.889. The second-order valence-corrected chi connectivity index (χ2v) is 6.37. The first-order chi connectivity index (χ1) is 8.75. The van der Waals surface area contributed by atoms with Crippen LogP contribution in [0.3, 0.4) is 0 Å². The van der Waals surface area contributed by atoms with Crippen molar-refractivity contribution in [1.29, 1.82) is 0 Å². The van der Waals surface area contributed by atoms with E-state index in [9.17, 15) is 4.79 Å². The minimum atomic E-state index is -0.0459. The summed E-state index contributed by atoms with van der Waals surface area (Å²) in [5.74, 6) is 0. The zero-order valence-electron chi connectivity index (χ0n) is 13.1. The van der Waals surface area contributed by atoms with Crippen molar-refractivity contribution in [3.8, 4) is 0 Å². The summed E-state index contributed by atoms with van der Waals surface area (Å²) in [5, 5.41) is 7.81. The maximum absolute atomic E-state index is 12.3. The Hall–Kier alpha value is -1.16. The van der Waals surface area contributed by atoms with Gasteiger partial charge in [0, 0.05) is 30.1 Å². The van der Waals surface area contributed by atoms with E-state index in [1.54, 1.807) is 4.68 Å². The summed E-state index contributed by atoms with van der Waals surface area (Å²) >= 11 is 0. The van der Waals surface area contributed by atoms with Crippen molar-refractivity contribution >= 4 is 0 Å². The fourth-order valence-corrected chi connectivity index (χ4v) is 1.77. The fraction of sp³-hybridized carbons (Fsp3) is 0.733. The highest BCUT2D eigenvalue weighted by Crippen LogP contribution is 2.19. The molecular weight excluding hydrogens is 238 g/mol. The predicted octanol–water partition coefficient (Wildman–Crippen LogP) is 2.45. The van der Waals surface area contributed by atoms with Gasteiger partial charge in [-0.3, -0.25) is 4.79 Å². The predicted molar refractivity (Wildman–Crippen MR) is 79.5 cm³/mol. The van der Waals surface area contributed by atoms with Crippen molar-refractivity contribution in [3.05, 3.63) is 27.7 Å². The van der Waals surface area contributed by atoms with Crippen molar-refractivity contribution in [2.45, 2.75) is 72.5 Å². The molecular formula is C15H27N3O. The third-order valence-electron chi connectivity index (χ3n) is 2.95. The van der Waals surface area contributed by atoms with E-state index in [-0.39, 0.29) is 11.0 Å². The maximum atomic E-state index is 12.3. The molecule has 108 valence electrons. The van der Waals surface area contributed by atoms with E-state index >= 15 is 0 Å².